The molecule has 9 heteroatoms. The maximum absolute atomic E-state index is 12.5. The van der Waals surface area contributed by atoms with Gasteiger partial charge in [0.05, 0.1) is 6.61 Å². The summed E-state index contributed by atoms with van der Waals surface area (Å²) in [6, 6.07) is -1.35. The zero-order valence-corrected chi connectivity index (χ0v) is 15.1. The van der Waals surface area contributed by atoms with Crippen molar-refractivity contribution in [2.45, 2.75) is 69.0 Å². The number of β-lactam (4-membered cyclic amide) rings is 1. The Labute approximate surface area is 145 Å². The first-order chi connectivity index (χ1) is 11.2. The molecular weight excluding hydrogens is 336 g/mol. The maximum atomic E-state index is 12.5. The molecule has 24 heavy (non-hydrogen) atoms. The second-order valence-electron chi connectivity index (χ2n) is 6.36. The van der Waals surface area contributed by atoms with Crippen LogP contribution in [0.4, 0.5) is 4.79 Å². The van der Waals surface area contributed by atoms with Crippen LogP contribution in [0.2, 0.25) is 0 Å². The Morgan fingerprint density at radius 3 is 2.67 bits per heavy atom. The molecule has 2 aliphatic heterocycles. The Bertz CT molecular complexity index is 526. The zero-order chi connectivity index (χ0) is 18.1. The molecule has 1 amide bonds. The van der Waals surface area contributed by atoms with Crippen molar-refractivity contribution in [2.75, 3.05) is 6.61 Å². The van der Waals surface area contributed by atoms with E-state index in [2.05, 4.69) is 0 Å². The minimum Gasteiger partial charge on any atom is -0.434 e. The van der Waals surface area contributed by atoms with Gasteiger partial charge in [-0.3, -0.25) is 4.79 Å². The van der Waals surface area contributed by atoms with Crippen molar-refractivity contribution in [1.29, 1.82) is 0 Å². The summed E-state index contributed by atoms with van der Waals surface area (Å²) in [6.45, 7) is 7.36. The molecule has 0 aliphatic carbocycles. The molecule has 2 aliphatic rings. The van der Waals surface area contributed by atoms with Gasteiger partial charge in [0.1, 0.15) is 17.5 Å². The van der Waals surface area contributed by atoms with Crippen molar-refractivity contribution in [3.05, 3.63) is 0 Å². The predicted octanol–water partition coefficient (Wildman–Crippen LogP) is 1.22. The van der Waals surface area contributed by atoms with Crippen LogP contribution in [-0.4, -0.2) is 58.0 Å². The monoisotopic (exact) mass is 360 g/mol. The number of fused-ring (bicyclic) bond motifs is 1. The fraction of sp³-hybridized carbons (Fsp3) is 0.800. The van der Waals surface area contributed by atoms with Crippen LogP contribution >= 0.6 is 11.8 Å². The number of carbonyl (C=O) groups excluding carboxylic acids is 3. The summed E-state index contributed by atoms with van der Waals surface area (Å²) in [5.74, 6) is -0.892. The number of rotatable bonds is 6. The molecule has 4 atom stereocenters. The van der Waals surface area contributed by atoms with E-state index >= 15 is 0 Å². The molecule has 0 aromatic carbocycles. The minimum atomic E-state index is -1.10. The maximum Gasteiger partial charge on any atom is 0.511 e. The van der Waals surface area contributed by atoms with E-state index in [1.165, 1.54) is 23.6 Å². The van der Waals surface area contributed by atoms with E-state index in [0.717, 1.165) is 12.8 Å². The lowest BCUT2D eigenvalue weighted by atomic mass is 9.96. The highest BCUT2D eigenvalue weighted by molar-refractivity contribution is 8.01. The molecule has 0 bridgehead atoms. The van der Waals surface area contributed by atoms with Gasteiger partial charge in [0.2, 0.25) is 12.2 Å². The molecule has 0 saturated carbocycles. The fourth-order valence-corrected chi connectivity index (χ4v) is 4.31. The Kier molecular flexibility index (Phi) is 5.64. The van der Waals surface area contributed by atoms with E-state index < -0.39 is 35.2 Å². The van der Waals surface area contributed by atoms with E-state index in [1.54, 1.807) is 0 Å². The first-order valence-electron chi connectivity index (χ1n) is 7.98. The van der Waals surface area contributed by atoms with Crippen LogP contribution in [0.5, 0.6) is 0 Å². The highest BCUT2D eigenvalue weighted by atomic mass is 32.2. The Hall–Kier alpha value is -1.48. The Morgan fingerprint density at radius 2 is 2.04 bits per heavy atom. The molecule has 2 saturated heterocycles. The molecule has 2 heterocycles. The number of amides is 1. The average Bonchev–Trinajstić information content (AvgIpc) is 2.75. The predicted molar refractivity (Wildman–Crippen MR) is 87.0 cm³/mol. The van der Waals surface area contributed by atoms with Crippen LogP contribution in [0.3, 0.4) is 0 Å². The summed E-state index contributed by atoms with van der Waals surface area (Å²) >= 11 is 1.47. The van der Waals surface area contributed by atoms with Gasteiger partial charge in [0.15, 0.2) is 0 Å². The van der Waals surface area contributed by atoms with Gasteiger partial charge in [-0.05, 0) is 20.3 Å². The Balaban J connectivity index is 1.89. The highest BCUT2D eigenvalue weighted by Crippen LogP contribution is 2.50. The second-order valence-corrected chi connectivity index (χ2v) is 8.13. The summed E-state index contributed by atoms with van der Waals surface area (Å²) in [6.07, 6.45) is -0.366. The number of esters is 1. The number of hydrogen-bond donors (Lipinski definition) is 1. The fourth-order valence-electron chi connectivity index (χ4n) is 2.74. The lowest BCUT2D eigenvalue weighted by molar-refractivity contribution is -0.180. The van der Waals surface area contributed by atoms with Gasteiger partial charge in [-0.25, -0.2) is 9.59 Å². The molecule has 136 valence electrons. The molecule has 0 aromatic heterocycles. The molecule has 2 rings (SSSR count). The van der Waals surface area contributed by atoms with Crippen molar-refractivity contribution >= 4 is 29.8 Å². The minimum absolute atomic E-state index is 0.222. The molecule has 0 aromatic rings. The van der Waals surface area contributed by atoms with Crippen LogP contribution in [0.1, 0.15) is 40.5 Å². The van der Waals surface area contributed by atoms with Crippen LogP contribution in [0.25, 0.3) is 0 Å². The van der Waals surface area contributed by atoms with E-state index in [1.807, 2.05) is 20.8 Å². The number of hydrogen-bond acceptors (Lipinski definition) is 8. The Morgan fingerprint density at radius 1 is 1.38 bits per heavy atom. The van der Waals surface area contributed by atoms with Crippen molar-refractivity contribution in [1.82, 2.24) is 4.90 Å². The van der Waals surface area contributed by atoms with Crippen LogP contribution in [0, 0.1) is 0 Å². The van der Waals surface area contributed by atoms with Crippen LogP contribution in [-0.2, 0) is 23.8 Å². The molecule has 0 radical (unpaired) electrons. The van der Waals surface area contributed by atoms with E-state index in [9.17, 15) is 14.4 Å². The van der Waals surface area contributed by atoms with Crippen LogP contribution < -0.4 is 5.73 Å². The number of nitrogens with two attached hydrogens (primary N) is 1. The summed E-state index contributed by atoms with van der Waals surface area (Å²) in [5, 5.41) is -0.222. The molecular formula is C15H24N2O6S. The molecule has 8 nitrogen and oxygen atoms in total. The number of nitrogens with zero attached hydrogens (tertiary/aromatic N) is 1. The quantitative estimate of drug-likeness (QED) is 0.326. The van der Waals surface area contributed by atoms with Crippen LogP contribution in [0.15, 0.2) is 0 Å². The summed E-state index contributed by atoms with van der Waals surface area (Å²) in [5.41, 5.74) is 5.77. The third kappa shape index (κ3) is 3.61. The second kappa shape index (κ2) is 7.18. The van der Waals surface area contributed by atoms with Crippen molar-refractivity contribution < 1.29 is 28.6 Å². The number of unbranched alkanes of at least 4 members (excludes halogenated alkanes) is 1. The van der Waals surface area contributed by atoms with E-state index in [0.29, 0.717) is 0 Å². The van der Waals surface area contributed by atoms with Crippen molar-refractivity contribution in [2.24, 2.45) is 5.73 Å². The zero-order valence-electron chi connectivity index (χ0n) is 14.3. The van der Waals surface area contributed by atoms with Gasteiger partial charge in [0.25, 0.3) is 0 Å². The topological polar surface area (TPSA) is 108 Å². The first-order valence-corrected chi connectivity index (χ1v) is 8.86. The van der Waals surface area contributed by atoms with Crippen molar-refractivity contribution in [3.63, 3.8) is 0 Å². The number of carbonyl (C=O) groups is 3. The third-order valence-corrected chi connectivity index (χ3v) is 5.56. The normalized spacial score (nSPS) is 28.6. The molecule has 2 fully saturated rings. The largest absolute Gasteiger partial charge is 0.511 e. The summed E-state index contributed by atoms with van der Waals surface area (Å²) in [7, 11) is 0. The standard InChI is InChI=1S/C15H24N2O6S/c1-5-6-7-21-14(20)23-8(2)22-13(19)10-15(3,4)24-12-9(16)11(18)17(10)12/h8-10,12H,5-7,16H2,1-4H3/t8?,9?,10-,12+/m0/s1. The lowest BCUT2D eigenvalue weighted by Crippen LogP contribution is -2.69. The number of thioether (sulfide) groups is 1. The number of ether oxygens (including phenoxy) is 3. The van der Waals surface area contributed by atoms with Gasteiger partial charge >= 0.3 is 12.1 Å². The highest BCUT2D eigenvalue weighted by Gasteiger charge is 2.63. The summed E-state index contributed by atoms with van der Waals surface area (Å²) in [4.78, 5) is 37.3. The smallest absolute Gasteiger partial charge is 0.434 e. The van der Waals surface area contributed by atoms with Crippen molar-refractivity contribution in [3.8, 4) is 0 Å². The SMILES string of the molecule is CCCCOC(=O)OC(C)OC(=O)[C@@H]1N2C(=O)C(N)[C@H]2SC1(C)C. The van der Waals surface area contributed by atoms with Gasteiger partial charge < -0.3 is 24.8 Å². The third-order valence-electron chi connectivity index (χ3n) is 3.97. The summed E-state index contributed by atoms with van der Waals surface area (Å²) < 4.78 is 14.4. The lowest BCUT2D eigenvalue weighted by Gasteiger charge is -2.42. The first kappa shape index (κ1) is 18.9. The average molecular weight is 360 g/mol. The molecule has 2 N–H and O–H groups in total. The molecule has 2 unspecified atom stereocenters. The van der Waals surface area contributed by atoms with Gasteiger partial charge in [-0.15, -0.1) is 11.8 Å². The van der Waals surface area contributed by atoms with Gasteiger partial charge in [-0.1, -0.05) is 13.3 Å². The molecule has 0 spiro atoms. The van der Waals surface area contributed by atoms with E-state index in [-0.39, 0.29) is 17.9 Å². The van der Waals surface area contributed by atoms with E-state index in [4.69, 9.17) is 19.9 Å². The van der Waals surface area contributed by atoms with Gasteiger partial charge in [-0.2, -0.15) is 0 Å². The van der Waals surface area contributed by atoms with Gasteiger partial charge in [0, 0.05) is 11.7 Å².